The van der Waals surface area contributed by atoms with E-state index in [4.69, 9.17) is 11.6 Å². The molecule has 0 fully saturated rings. The number of rotatable bonds is 6. The molecule has 0 saturated carbocycles. The van der Waals surface area contributed by atoms with E-state index < -0.39 is 0 Å². The standard InChI is InChI=1S/C19H18ClN5O3/c1-24-15-6-5-12(23-14-7-8-22-18(20)13(14)11-21)10-16(15)25(19(24)27)9-3-4-17(26)28-2/h5-8,10H,3-4,9H2,1-2H3,(H,22,23). The zero-order valence-corrected chi connectivity index (χ0v) is 16.2. The van der Waals surface area contributed by atoms with E-state index in [9.17, 15) is 14.9 Å². The van der Waals surface area contributed by atoms with Crippen LogP contribution in [0.2, 0.25) is 5.15 Å². The highest BCUT2D eigenvalue weighted by Gasteiger charge is 2.13. The van der Waals surface area contributed by atoms with Crippen LogP contribution in [0, 0.1) is 11.3 Å². The number of pyridine rings is 1. The first-order valence-electron chi connectivity index (χ1n) is 8.54. The predicted molar refractivity (Wildman–Crippen MR) is 106 cm³/mol. The summed E-state index contributed by atoms with van der Waals surface area (Å²) in [7, 11) is 3.04. The summed E-state index contributed by atoms with van der Waals surface area (Å²) < 4.78 is 7.82. The molecule has 144 valence electrons. The number of ether oxygens (including phenoxy) is 1. The van der Waals surface area contributed by atoms with Crippen LogP contribution in [0.15, 0.2) is 35.3 Å². The van der Waals surface area contributed by atoms with Crippen LogP contribution in [-0.4, -0.2) is 27.2 Å². The highest BCUT2D eigenvalue weighted by atomic mass is 35.5. The van der Waals surface area contributed by atoms with E-state index in [1.807, 2.05) is 24.3 Å². The van der Waals surface area contributed by atoms with Gasteiger partial charge in [-0.3, -0.25) is 13.9 Å². The van der Waals surface area contributed by atoms with E-state index in [2.05, 4.69) is 15.0 Å². The van der Waals surface area contributed by atoms with Gasteiger partial charge in [0.25, 0.3) is 0 Å². The number of methoxy groups -OCH3 is 1. The second-order valence-corrected chi connectivity index (χ2v) is 6.50. The molecule has 0 atom stereocenters. The van der Waals surface area contributed by atoms with E-state index >= 15 is 0 Å². The molecular weight excluding hydrogens is 382 g/mol. The van der Waals surface area contributed by atoms with Crippen molar-refractivity contribution in [3.8, 4) is 6.07 Å². The molecule has 3 aromatic rings. The summed E-state index contributed by atoms with van der Waals surface area (Å²) in [6.07, 6.45) is 2.23. The molecule has 2 heterocycles. The minimum Gasteiger partial charge on any atom is -0.469 e. The fraction of sp³-hybridized carbons (Fsp3) is 0.263. The van der Waals surface area contributed by atoms with Gasteiger partial charge in [-0.05, 0) is 30.7 Å². The van der Waals surface area contributed by atoms with E-state index in [0.29, 0.717) is 24.3 Å². The zero-order chi connectivity index (χ0) is 20.3. The van der Waals surface area contributed by atoms with Crippen molar-refractivity contribution in [2.45, 2.75) is 19.4 Å². The molecule has 8 nitrogen and oxygen atoms in total. The van der Waals surface area contributed by atoms with Crippen molar-refractivity contribution in [3.05, 3.63) is 51.7 Å². The average molecular weight is 400 g/mol. The second-order valence-electron chi connectivity index (χ2n) is 6.14. The molecule has 0 unspecified atom stereocenters. The molecule has 0 bridgehead atoms. The van der Waals surface area contributed by atoms with Crippen LogP contribution in [-0.2, 0) is 23.1 Å². The Kier molecular flexibility index (Phi) is 5.66. The van der Waals surface area contributed by atoms with Crippen LogP contribution in [0.25, 0.3) is 11.0 Å². The number of hydrogen-bond donors (Lipinski definition) is 1. The molecule has 1 aromatic carbocycles. The number of fused-ring (bicyclic) bond motifs is 1. The Bertz CT molecular complexity index is 1140. The number of nitrogens with one attached hydrogen (secondary N) is 1. The van der Waals surface area contributed by atoms with Gasteiger partial charge in [0, 0.05) is 31.9 Å². The Labute approximate surface area is 165 Å². The maximum atomic E-state index is 12.6. The number of aromatic nitrogens is 3. The van der Waals surface area contributed by atoms with Crippen LogP contribution >= 0.6 is 11.6 Å². The van der Waals surface area contributed by atoms with Crippen LogP contribution in [0.5, 0.6) is 0 Å². The molecule has 2 aromatic heterocycles. The van der Waals surface area contributed by atoms with Crippen molar-refractivity contribution in [3.63, 3.8) is 0 Å². The van der Waals surface area contributed by atoms with Crippen molar-refractivity contribution in [2.24, 2.45) is 7.05 Å². The summed E-state index contributed by atoms with van der Waals surface area (Å²) in [4.78, 5) is 27.8. The fourth-order valence-corrected chi connectivity index (χ4v) is 3.19. The normalized spacial score (nSPS) is 10.6. The van der Waals surface area contributed by atoms with Crippen molar-refractivity contribution in [1.29, 1.82) is 5.26 Å². The van der Waals surface area contributed by atoms with Crippen LogP contribution < -0.4 is 11.0 Å². The van der Waals surface area contributed by atoms with Gasteiger partial charge in [-0.25, -0.2) is 9.78 Å². The summed E-state index contributed by atoms with van der Waals surface area (Å²) >= 11 is 5.97. The molecule has 28 heavy (non-hydrogen) atoms. The number of nitrogens with zero attached hydrogens (tertiary/aromatic N) is 4. The fourth-order valence-electron chi connectivity index (χ4n) is 2.99. The average Bonchev–Trinajstić information content (AvgIpc) is 2.92. The predicted octanol–water partition coefficient (Wildman–Crippen LogP) is 2.96. The molecule has 0 aliphatic carbocycles. The van der Waals surface area contributed by atoms with E-state index in [1.165, 1.54) is 13.3 Å². The number of aryl methyl sites for hydroxylation is 2. The Morgan fingerprint density at radius 3 is 2.86 bits per heavy atom. The van der Waals surface area contributed by atoms with Gasteiger partial charge in [0.1, 0.15) is 16.8 Å². The largest absolute Gasteiger partial charge is 0.469 e. The lowest BCUT2D eigenvalue weighted by atomic mass is 10.2. The lowest BCUT2D eigenvalue weighted by molar-refractivity contribution is -0.140. The van der Waals surface area contributed by atoms with Gasteiger partial charge >= 0.3 is 11.7 Å². The Hall–Kier alpha value is -3.31. The maximum absolute atomic E-state index is 12.6. The highest BCUT2D eigenvalue weighted by molar-refractivity contribution is 6.31. The molecule has 0 saturated heterocycles. The number of nitriles is 1. The lowest BCUT2D eigenvalue weighted by Crippen LogP contribution is -2.22. The first kappa shape index (κ1) is 19.5. The molecule has 3 rings (SSSR count). The molecule has 0 spiro atoms. The number of halogens is 1. The van der Waals surface area contributed by atoms with Gasteiger partial charge in [-0.15, -0.1) is 0 Å². The number of hydrogen-bond acceptors (Lipinski definition) is 6. The minimum absolute atomic E-state index is 0.119. The third kappa shape index (κ3) is 3.70. The number of carbonyl (C=O) groups is 1. The van der Waals surface area contributed by atoms with Crippen LogP contribution in [0.3, 0.4) is 0 Å². The number of anilines is 2. The summed E-state index contributed by atoms with van der Waals surface area (Å²) in [6, 6.07) is 9.15. The van der Waals surface area contributed by atoms with Gasteiger partial charge in [0.15, 0.2) is 0 Å². The third-order valence-electron chi connectivity index (χ3n) is 4.43. The minimum atomic E-state index is -0.311. The molecule has 0 amide bonds. The molecule has 0 radical (unpaired) electrons. The smallest absolute Gasteiger partial charge is 0.328 e. The SMILES string of the molecule is COC(=O)CCCn1c(=O)n(C)c2ccc(Nc3ccnc(Cl)c3C#N)cc21. The number of esters is 1. The summed E-state index contributed by atoms with van der Waals surface area (Å²) in [5.74, 6) is -0.311. The van der Waals surface area contributed by atoms with Gasteiger partial charge in [0.05, 0.1) is 23.8 Å². The molecule has 1 N–H and O–H groups in total. The lowest BCUT2D eigenvalue weighted by Gasteiger charge is -2.10. The highest BCUT2D eigenvalue weighted by Crippen LogP contribution is 2.26. The first-order valence-corrected chi connectivity index (χ1v) is 8.91. The van der Waals surface area contributed by atoms with E-state index in [1.54, 1.807) is 22.2 Å². The number of carbonyl (C=O) groups excluding carboxylic acids is 1. The Morgan fingerprint density at radius 1 is 1.36 bits per heavy atom. The molecule has 0 aliphatic heterocycles. The summed E-state index contributed by atoms with van der Waals surface area (Å²) in [5.41, 5.74) is 2.79. The monoisotopic (exact) mass is 399 g/mol. The van der Waals surface area contributed by atoms with E-state index in [0.717, 1.165) is 11.0 Å². The van der Waals surface area contributed by atoms with Gasteiger partial charge in [0.2, 0.25) is 0 Å². The number of benzene rings is 1. The molecule has 9 heteroatoms. The third-order valence-corrected chi connectivity index (χ3v) is 4.72. The first-order chi connectivity index (χ1) is 13.5. The summed E-state index contributed by atoms with van der Waals surface area (Å²) in [5, 5.41) is 12.6. The van der Waals surface area contributed by atoms with Crippen molar-refractivity contribution in [1.82, 2.24) is 14.1 Å². The molecule has 0 aliphatic rings. The maximum Gasteiger partial charge on any atom is 0.328 e. The Morgan fingerprint density at radius 2 is 2.14 bits per heavy atom. The van der Waals surface area contributed by atoms with Gasteiger partial charge in [-0.2, -0.15) is 5.26 Å². The Balaban J connectivity index is 1.96. The van der Waals surface area contributed by atoms with Crippen LogP contribution in [0.4, 0.5) is 11.4 Å². The van der Waals surface area contributed by atoms with Crippen molar-refractivity contribution in [2.75, 3.05) is 12.4 Å². The quantitative estimate of drug-likeness (QED) is 0.505. The van der Waals surface area contributed by atoms with Crippen molar-refractivity contribution < 1.29 is 9.53 Å². The topological polar surface area (TPSA) is 102 Å². The van der Waals surface area contributed by atoms with Crippen molar-refractivity contribution >= 4 is 40.0 Å². The van der Waals surface area contributed by atoms with E-state index in [-0.39, 0.29) is 28.8 Å². The molecular formula is C19H18ClN5O3. The van der Waals surface area contributed by atoms with Gasteiger partial charge in [-0.1, -0.05) is 11.6 Å². The van der Waals surface area contributed by atoms with Gasteiger partial charge < -0.3 is 10.1 Å². The van der Waals surface area contributed by atoms with Crippen LogP contribution in [0.1, 0.15) is 18.4 Å². The number of imidazole rings is 1. The zero-order valence-electron chi connectivity index (χ0n) is 15.4. The second kappa shape index (κ2) is 8.15. The summed E-state index contributed by atoms with van der Waals surface area (Å²) in [6.45, 7) is 0.388.